The van der Waals surface area contributed by atoms with E-state index in [1.807, 2.05) is 15.9 Å². The number of amides is 2. The van der Waals surface area contributed by atoms with Crippen LogP contribution >= 0.6 is 0 Å². The van der Waals surface area contributed by atoms with Gasteiger partial charge in [0.25, 0.3) is 5.91 Å². The number of benzene rings is 1. The number of carbonyl (C=O) groups is 2. The fourth-order valence-electron chi connectivity index (χ4n) is 4.43. The minimum atomic E-state index is -0.255. The van der Waals surface area contributed by atoms with E-state index < -0.39 is 0 Å². The van der Waals surface area contributed by atoms with Crippen molar-refractivity contribution in [2.45, 2.75) is 51.2 Å². The van der Waals surface area contributed by atoms with Crippen LogP contribution in [0.5, 0.6) is 0 Å². The van der Waals surface area contributed by atoms with Crippen molar-refractivity contribution in [3.63, 3.8) is 0 Å². The highest BCUT2D eigenvalue weighted by Gasteiger charge is 2.34. The summed E-state index contributed by atoms with van der Waals surface area (Å²) >= 11 is 0. The first-order valence-corrected chi connectivity index (χ1v) is 9.98. The smallest absolute Gasteiger partial charge is 0.251 e. The van der Waals surface area contributed by atoms with E-state index in [9.17, 15) is 9.59 Å². The lowest BCUT2D eigenvalue weighted by Gasteiger charge is -2.37. The molecule has 0 aromatic heterocycles. The van der Waals surface area contributed by atoms with Crippen molar-refractivity contribution in [3.8, 4) is 0 Å². The fraction of sp³-hybridized carbons (Fsp3) is 0.619. The number of ether oxygens (including phenoxy) is 1. The Morgan fingerprint density at radius 1 is 0.885 bits per heavy atom. The van der Waals surface area contributed by atoms with E-state index in [0.29, 0.717) is 19.7 Å². The molecule has 1 aromatic rings. The molecule has 3 heterocycles. The number of hydrogen-bond donors (Lipinski definition) is 0. The van der Waals surface area contributed by atoms with Crippen LogP contribution < -0.4 is 0 Å². The summed E-state index contributed by atoms with van der Waals surface area (Å²) in [5, 5.41) is 0. The molecular weight excluding hydrogens is 328 g/mol. The first-order valence-electron chi connectivity index (χ1n) is 9.98. The van der Waals surface area contributed by atoms with E-state index in [1.165, 1.54) is 11.1 Å². The van der Waals surface area contributed by atoms with Crippen molar-refractivity contribution < 1.29 is 14.3 Å². The Morgan fingerprint density at radius 2 is 1.65 bits per heavy atom. The standard InChI is InChI=1S/C21H28N2O3/c24-20(23-13-8-16-5-1-2-6-18(16)15-23)17-9-11-22(12-10-17)21(25)19-7-3-4-14-26-19/h1-2,5-6,17,19H,3-4,7-15H2. The Balaban J connectivity index is 1.30. The van der Waals surface area contributed by atoms with Gasteiger partial charge in [0.15, 0.2) is 0 Å². The van der Waals surface area contributed by atoms with Crippen LogP contribution in [0.2, 0.25) is 0 Å². The molecule has 2 amide bonds. The molecule has 5 nitrogen and oxygen atoms in total. The van der Waals surface area contributed by atoms with E-state index in [2.05, 4.69) is 18.2 Å². The van der Waals surface area contributed by atoms with E-state index in [1.54, 1.807) is 0 Å². The van der Waals surface area contributed by atoms with Crippen molar-refractivity contribution in [3.05, 3.63) is 35.4 Å². The van der Waals surface area contributed by atoms with Crippen LogP contribution in [0, 0.1) is 5.92 Å². The highest BCUT2D eigenvalue weighted by Crippen LogP contribution is 2.26. The topological polar surface area (TPSA) is 49.9 Å². The number of nitrogens with zero attached hydrogens (tertiary/aromatic N) is 2. The molecule has 2 fully saturated rings. The minimum Gasteiger partial charge on any atom is -0.368 e. The molecule has 3 aliphatic heterocycles. The lowest BCUT2D eigenvalue weighted by atomic mass is 9.92. The Kier molecular flexibility index (Phi) is 5.25. The van der Waals surface area contributed by atoms with Crippen LogP contribution in [0.4, 0.5) is 0 Å². The maximum Gasteiger partial charge on any atom is 0.251 e. The van der Waals surface area contributed by atoms with E-state index in [4.69, 9.17) is 4.74 Å². The van der Waals surface area contributed by atoms with Crippen LogP contribution in [0.15, 0.2) is 24.3 Å². The Bertz CT molecular complexity index is 661. The van der Waals surface area contributed by atoms with E-state index in [0.717, 1.165) is 51.6 Å². The second-order valence-corrected chi connectivity index (χ2v) is 7.73. The molecule has 1 atom stereocenters. The molecule has 0 saturated carbocycles. The molecule has 3 aliphatic rings. The molecule has 2 saturated heterocycles. The lowest BCUT2D eigenvalue weighted by molar-refractivity contribution is -0.150. The Labute approximate surface area is 155 Å². The van der Waals surface area contributed by atoms with Crippen LogP contribution in [0.25, 0.3) is 0 Å². The molecule has 0 radical (unpaired) electrons. The van der Waals surface area contributed by atoms with Gasteiger partial charge in [-0.25, -0.2) is 0 Å². The van der Waals surface area contributed by atoms with Crippen LogP contribution in [-0.4, -0.2) is 54.0 Å². The molecule has 1 aromatic carbocycles. The first kappa shape index (κ1) is 17.5. The van der Waals surface area contributed by atoms with Crippen LogP contribution in [0.3, 0.4) is 0 Å². The summed E-state index contributed by atoms with van der Waals surface area (Å²) in [6, 6.07) is 8.40. The number of fused-ring (bicyclic) bond motifs is 1. The van der Waals surface area contributed by atoms with E-state index in [-0.39, 0.29) is 23.8 Å². The summed E-state index contributed by atoms with van der Waals surface area (Å²) < 4.78 is 5.63. The summed E-state index contributed by atoms with van der Waals surface area (Å²) in [5.74, 6) is 0.444. The SMILES string of the molecule is O=C(C1CCN(C(=O)C2CCCCO2)CC1)N1CCc2ccccc2C1. The van der Waals surface area contributed by atoms with Gasteiger partial charge in [0.05, 0.1) is 0 Å². The second kappa shape index (κ2) is 7.78. The first-order chi connectivity index (χ1) is 12.7. The Morgan fingerprint density at radius 3 is 2.38 bits per heavy atom. The lowest BCUT2D eigenvalue weighted by Crippen LogP contribution is -2.48. The summed E-state index contributed by atoms with van der Waals surface area (Å²) in [7, 11) is 0. The third-order valence-electron chi connectivity index (χ3n) is 6.05. The molecule has 0 bridgehead atoms. The maximum absolute atomic E-state index is 12.9. The molecule has 5 heteroatoms. The van der Waals surface area contributed by atoms with E-state index >= 15 is 0 Å². The zero-order valence-electron chi connectivity index (χ0n) is 15.4. The van der Waals surface area contributed by atoms with Gasteiger partial charge >= 0.3 is 0 Å². The van der Waals surface area contributed by atoms with Crippen molar-refractivity contribution in [1.29, 1.82) is 0 Å². The highest BCUT2D eigenvalue weighted by atomic mass is 16.5. The third kappa shape index (κ3) is 3.63. The average molecular weight is 356 g/mol. The quantitative estimate of drug-likeness (QED) is 0.817. The van der Waals surface area contributed by atoms with Gasteiger partial charge in [0.1, 0.15) is 6.10 Å². The Hall–Kier alpha value is -1.88. The van der Waals surface area contributed by atoms with Gasteiger partial charge in [-0.2, -0.15) is 0 Å². The number of carbonyl (C=O) groups excluding carboxylic acids is 2. The summed E-state index contributed by atoms with van der Waals surface area (Å²) in [4.78, 5) is 29.4. The van der Waals surface area contributed by atoms with Crippen molar-refractivity contribution in [2.24, 2.45) is 5.92 Å². The minimum absolute atomic E-state index is 0.0524. The van der Waals surface area contributed by atoms with Gasteiger partial charge in [-0.15, -0.1) is 0 Å². The second-order valence-electron chi connectivity index (χ2n) is 7.73. The molecule has 26 heavy (non-hydrogen) atoms. The van der Waals surface area contributed by atoms with Crippen LogP contribution in [0.1, 0.15) is 43.2 Å². The fourth-order valence-corrected chi connectivity index (χ4v) is 4.43. The predicted molar refractivity (Wildman–Crippen MR) is 98.5 cm³/mol. The number of rotatable bonds is 2. The molecule has 0 spiro atoms. The maximum atomic E-state index is 12.9. The largest absolute Gasteiger partial charge is 0.368 e. The van der Waals surface area contributed by atoms with Gasteiger partial charge < -0.3 is 14.5 Å². The summed E-state index contributed by atoms with van der Waals surface area (Å²) in [5.41, 5.74) is 2.64. The van der Waals surface area contributed by atoms with Crippen molar-refractivity contribution in [1.82, 2.24) is 9.80 Å². The zero-order valence-corrected chi connectivity index (χ0v) is 15.4. The van der Waals surface area contributed by atoms with Crippen molar-refractivity contribution in [2.75, 3.05) is 26.2 Å². The molecule has 140 valence electrons. The molecule has 0 N–H and O–H groups in total. The average Bonchev–Trinajstić information content (AvgIpc) is 2.73. The number of hydrogen-bond acceptors (Lipinski definition) is 3. The summed E-state index contributed by atoms with van der Waals surface area (Å²) in [6.45, 7) is 3.59. The third-order valence-corrected chi connectivity index (χ3v) is 6.05. The van der Waals surface area contributed by atoms with Crippen molar-refractivity contribution >= 4 is 11.8 Å². The predicted octanol–water partition coefficient (Wildman–Crippen LogP) is 2.38. The highest BCUT2D eigenvalue weighted by molar-refractivity contribution is 5.82. The number of piperidine rings is 1. The molecule has 4 rings (SSSR count). The molecule has 0 aliphatic carbocycles. The monoisotopic (exact) mass is 356 g/mol. The van der Waals surface area contributed by atoms with Gasteiger partial charge in [-0.05, 0) is 49.7 Å². The normalized spacial score (nSPS) is 24.2. The van der Waals surface area contributed by atoms with Crippen LogP contribution in [-0.2, 0) is 27.3 Å². The van der Waals surface area contributed by atoms with Gasteiger partial charge in [0, 0.05) is 38.7 Å². The molecule has 1 unspecified atom stereocenters. The van der Waals surface area contributed by atoms with Gasteiger partial charge in [-0.1, -0.05) is 24.3 Å². The number of likely N-dealkylation sites (tertiary alicyclic amines) is 1. The summed E-state index contributed by atoms with van der Waals surface area (Å²) in [6.07, 6.45) is 5.20. The zero-order chi connectivity index (χ0) is 17.9. The molecular formula is C21H28N2O3. The van der Waals surface area contributed by atoms with Gasteiger partial charge in [0.2, 0.25) is 5.91 Å². The van der Waals surface area contributed by atoms with Gasteiger partial charge in [-0.3, -0.25) is 9.59 Å².